The lowest BCUT2D eigenvalue weighted by Gasteiger charge is -2.22. The Morgan fingerprint density at radius 1 is 0.900 bits per heavy atom. The van der Waals surface area contributed by atoms with Crippen LogP contribution < -0.4 is 0 Å². The number of rotatable bonds is 2. The van der Waals surface area contributed by atoms with E-state index in [2.05, 4.69) is 73.3 Å². The van der Waals surface area contributed by atoms with E-state index in [1.54, 1.807) is 0 Å². The molecule has 0 saturated carbocycles. The molecule has 1 aliphatic rings. The molecule has 3 rings (SSSR count). The molecular weight excluding hydrogens is 308 g/mol. The zero-order valence-electron chi connectivity index (χ0n) is 11.8. The Balaban J connectivity index is 2.38. The van der Waals surface area contributed by atoms with Crippen molar-refractivity contribution in [2.45, 2.75) is 19.3 Å². The first-order chi connectivity index (χ1) is 9.48. The van der Waals surface area contributed by atoms with E-state index in [9.17, 15) is 0 Å². The highest BCUT2D eigenvalue weighted by Crippen LogP contribution is 2.50. The molecule has 0 nitrogen and oxygen atoms in total. The Morgan fingerprint density at radius 2 is 1.50 bits per heavy atom. The number of hydrogen-bond acceptors (Lipinski definition) is 0. The average Bonchev–Trinajstić information content (AvgIpc) is 2.65. The van der Waals surface area contributed by atoms with Crippen molar-refractivity contribution in [2.24, 2.45) is 0 Å². The van der Waals surface area contributed by atoms with Crippen LogP contribution in [-0.4, -0.2) is 0 Å². The van der Waals surface area contributed by atoms with Gasteiger partial charge in [0.05, 0.1) is 0 Å². The van der Waals surface area contributed by atoms with Gasteiger partial charge >= 0.3 is 0 Å². The standard InChI is InChI=1S/C19H17Br/c1-5-12-9-16-15-8-7-14(20)11-18(15)19(3,4)17(16)10-13(12)6-2/h5-11H,1-2H2,3-4H3. The second-order valence-electron chi connectivity index (χ2n) is 5.75. The van der Waals surface area contributed by atoms with Crippen molar-refractivity contribution >= 4 is 28.1 Å². The molecule has 20 heavy (non-hydrogen) atoms. The van der Waals surface area contributed by atoms with Gasteiger partial charge in [0.2, 0.25) is 0 Å². The first-order valence-corrected chi connectivity index (χ1v) is 7.52. The van der Waals surface area contributed by atoms with E-state index in [0.717, 1.165) is 15.6 Å². The number of fused-ring (bicyclic) bond motifs is 3. The van der Waals surface area contributed by atoms with Crippen LogP contribution in [0.25, 0.3) is 23.3 Å². The van der Waals surface area contributed by atoms with Crippen molar-refractivity contribution in [1.82, 2.24) is 0 Å². The van der Waals surface area contributed by atoms with Gasteiger partial charge in [-0.2, -0.15) is 0 Å². The van der Waals surface area contributed by atoms with Crippen LogP contribution in [0.1, 0.15) is 36.1 Å². The minimum atomic E-state index is 0.0197. The topological polar surface area (TPSA) is 0 Å². The van der Waals surface area contributed by atoms with Gasteiger partial charge < -0.3 is 0 Å². The van der Waals surface area contributed by atoms with E-state index < -0.39 is 0 Å². The number of benzene rings is 2. The van der Waals surface area contributed by atoms with Crippen LogP contribution in [0.5, 0.6) is 0 Å². The summed E-state index contributed by atoms with van der Waals surface area (Å²) in [7, 11) is 0. The van der Waals surface area contributed by atoms with Gasteiger partial charge in [0.15, 0.2) is 0 Å². The third-order valence-electron chi connectivity index (χ3n) is 4.28. The predicted molar refractivity (Wildman–Crippen MR) is 91.9 cm³/mol. The zero-order chi connectivity index (χ0) is 14.5. The zero-order valence-corrected chi connectivity index (χ0v) is 13.4. The molecule has 0 saturated heterocycles. The van der Waals surface area contributed by atoms with Gasteiger partial charge in [-0.15, -0.1) is 0 Å². The van der Waals surface area contributed by atoms with Crippen LogP contribution in [0, 0.1) is 0 Å². The SMILES string of the molecule is C=Cc1cc2c(cc1C=C)C(C)(C)c1cc(Br)ccc1-2. The number of hydrogen-bond donors (Lipinski definition) is 0. The van der Waals surface area contributed by atoms with Crippen molar-refractivity contribution < 1.29 is 0 Å². The molecule has 0 N–H and O–H groups in total. The molecule has 0 atom stereocenters. The molecule has 0 heterocycles. The first-order valence-electron chi connectivity index (χ1n) is 6.73. The minimum Gasteiger partial charge on any atom is -0.0984 e. The van der Waals surface area contributed by atoms with Gasteiger partial charge in [-0.3, -0.25) is 0 Å². The molecule has 0 aromatic heterocycles. The van der Waals surface area contributed by atoms with Crippen molar-refractivity contribution in [3.63, 3.8) is 0 Å². The molecule has 0 aliphatic heterocycles. The fourth-order valence-electron chi connectivity index (χ4n) is 3.14. The molecule has 1 aliphatic carbocycles. The van der Waals surface area contributed by atoms with E-state index in [4.69, 9.17) is 0 Å². The molecule has 0 unspecified atom stereocenters. The lowest BCUT2D eigenvalue weighted by atomic mass is 9.81. The Hall–Kier alpha value is -1.60. The Labute approximate surface area is 129 Å². The third kappa shape index (κ3) is 1.73. The van der Waals surface area contributed by atoms with E-state index in [-0.39, 0.29) is 5.41 Å². The van der Waals surface area contributed by atoms with Gasteiger partial charge in [-0.05, 0) is 57.6 Å². The largest absolute Gasteiger partial charge is 0.0984 e. The van der Waals surface area contributed by atoms with Gasteiger partial charge in [-0.1, -0.05) is 61.2 Å². The van der Waals surface area contributed by atoms with E-state index in [1.807, 2.05) is 12.2 Å². The summed E-state index contributed by atoms with van der Waals surface area (Å²) in [5.74, 6) is 0. The molecule has 1 heteroatoms. The normalized spacial score (nSPS) is 14.6. The van der Waals surface area contributed by atoms with Crippen LogP contribution in [0.3, 0.4) is 0 Å². The molecule has 0 amide bonds. The third-order valence-corrected chi connectivity index (χ3v) is 4.77. The summed E-state index contributed by atoms with van der Waals surface area (Å²) in [5.41, 5.74) is 7.70. The fourth-order valence-corrected chi connectivity index (χ4v) is 3.50. The fraction of sp³-hybridized carbons (Fsp3) is 0.158. The predicted octanol–water partition coefficient (Wildman–Crippen LogP) is 6.04. The summed E-state index contributed by atoms with van der Waals surface area (Å²) in [6.07, 6.45) is 3.81. The van der Waals surface area contributed by atoms with Gasteiger partial charge in [-0.25, -0.2) is 0 Å². The molecule has 100 valence electrons. The Morgan fingerprint density at radius 3 is 2.15 bits per heavy atom. The summed E-state index contributed by atoms with van der Waals surface area (Å²) in [5, 5.41) is 0. The molecular formula is C19H17Br. The summed E-state index contributed by atoms with van der Waals surface area (Å²) >= 11 is 3.59. The average molecular weight is 325 g/mol. The quantitative estimate of drug-likeness (QED) is 0.631. The lowest BCUT2D eigenvalue weighted by Crippen LogP contribution is -2.15. The second-order valence-corrected chi connectivity index (χ2v) is 6.67. The van der Waals surface area contributed by atoms with E-state index in [0.29, 0.717) is 0 Å². The monoisotopic (exact) mass is 324 g/mol. The lowest BCUT2D eigenvalue weighted by molar-refractivity contribution is 0.660. The second kappa shape index (κ2) is 4.46. The Kier molecular flexibility index (Phi) is 2.98. The summed E-state index contributed by atoms with van der Waals surface area (Å²) in [4.78, 5) is 0. The van der Waals surface area contributed by atoms with E-state index in [1.165, 1.54) is 22.3 Å². The molecule has 0 fully saturated rings. The van der Waals surface area contributed by atoms with Crippen LogP contribution in [-0.2, 0) is 5.41 Å². The van der Waals surface area contributed by atoms with Crippen LogP contribution in [0.4, 0.5) is 0 Å². The van der Waals surface area contributed by atoms with Crippen LogP contribution in [0.15, 0.2) is 48.0 Å². The highest BCUT2D eigenvalue weighted by molar-refractivity contribution is 9.10. The highest BCUT2D eigenvalue weighted by atomic mass is 79.9. The summed E-state index contributed by atoms with van der Waals surface area (Å²) < 4.78 is 1.13. The molecule has 0 spiro atoms. The minimum absolute atomic E-state index is 0.0197. The van der Waals surface area contributed by atoms with Crippen LogP contribution in [0.2, 0.25) is 0 Å². The maximum atomic E-state index is 3.92. The maximum absolute atomic E-state index is 3.92. The summed E-state index contributed by atoms with van der Waals surface area (Å²) in [6, 6.07) is 11.0. The molecule has 2 aromatic rings. The number of halogens is 1. The smallest absolute Gasteiger partial charge is 0.0178 e. The maximum Gasteiger partial charge on any atom is 0.0178 e. The van der Waals surface area contributed by atoms with Crippen molar-refractivity contribution in [1.29, 1.82) is 0 Å². The van der Waals surface area contributed by atoms with Gasteiger partial charge in [0.1, 0.15) is 0 Å². The van der Waals surface area contributed by atoms with Crippen molar-refractivity contribution in [2.75, 3.05) is 0 Å². The van der Waals surface area contributed by atoms with E-state index >= 15 is 0 Å². The first kappa shape index (κ1) is 13.4. The summed E-state index contributed by atoms with van der Waals surface area (Å²) in [6.45, 7) is 12.4. The van der Waals surface area contributed by atoms with Gasteiger partial charge in [0.25, 0.3) is 0 Å². The Bertz CT molecular complexity index is 736. The molecule has 0 radical (unpaired) electrons. The highest BCUT2D eigenvalue weighted by Gasteiger charge is 2.35. The molecule has 0 bridgehead atoms. The molecule has 2 aromatic carbocycles. The van der Waals surface area contributed by atoms with Gasteiger partial charge in [0, 0.05) is 9.89 Å². The van der Waals surface area contributed by atoms with Crippen molar-refractivity contribution in [3.8, 4) is 11.1 Å². The van der Waals surface area contributed by atoms with Crippen molar-refractivity contribution in [3.05, 3.63) is 70.2 Å². The van der Waals surface area contributed by atoms with Crippen LogP contribution >= 0.6 is 15.9 Å².